The van der Waals surface area contributed by atoms with Crippen LogP contribution in [0.5, 0.6) is 0 Å². The second-order valence-corrected chi connectivity index (χ2v) is 4.96. The van der Waals surface area contributed by atoms with Crippen LogP contribution in [0.4, 0.5) is 0 Å². The van der Waals surface area contributed by atoms with E-state index in [9.17, 15) is 0 Å². The SMILES string of the molecule is NCCC1CCCCN1CCC1COC1. The number of hydrogen-bond donors (Lipinski definition) is 1. The summed E-state index contributed by atoms with van der Waals surface area (Å²) in [4.78, 5) is 2.66. The third kappa shape index (κ3) is 3.16. The van der Waals surface area contributed by atoms with Crippen molar-refractivity contribution in [3.05, 3.63) is 0 Å². The Kier molecular flexibility index (Phi) is 4.42. The maximum Gasteiger partial charge on any atom is 0.0516 e. The van der Waals surface area contributed by atoms with Crippen molar-refractivity contribution in [1.29, 1.82) is 0 Å². The first-order valence-corrected chi connectivity index (χ1v) is 6.42. The molecule has 2 heterocycles. The van der Waals surface area contributed by atoms with Gasteiger partial charge in [0.25, 0.3) is 0 Å². The molecule has 2 rings (SSSR count). The number of rotatable bonds is 5. The van der Waals surface area contributed by atoms with Crippen molar-refractivity contribution in [3.8, 4) is 0 Å². The second kappa shape index (κ2) is 5.83. The molecule has 15 heavy (non-hydrogen) atoms. The highest BCUT2D eigenvalue weighted by molar-refractivity contribution is 4.78. The molecule has 0 aliphatic carbocycles. The number of nitrogens with zero attached hydrogens (tertiary/aromatic N) is 1. The summed E-state index contributed by atoms with van der Waals surface area (Å²) in [5, 5.41) is 0. The van der Waals surface area contributed by atoms with Crippen LogP contribution in [0.3, 0.4) is 0 Å². The molecule has 3 heteroatoms. The molecule has 0 radical (unpaired) electrons. The molecular weight excluding hydrogens is 188 g/mol. The predicted molar refractivity (Wildman–Crippen MR) is 61.8 cm³/mol. The lowest BCUT2D eigenvalue weighted by Gasteiger charge is -2.37. The largest absolute Gasteiger partial charge is 0.381 e. The molecule has 2 fully saturated rings. The van der Waals surface area contributed by atoms with E-state index in [4.69, 9.17) is 10.5 Å². The fourth-order valence-corrected chi connectivity index (χ4v) is 2.67. The first-order chi connectivity index (χ1) is 7.40. The lowest BCUT2D eigenvalue weighted by molar-refractivity contribution is -0.0415. The molecule has 3 nitrogen and oxygen atoms in total. The fourth-order valence-electron chi connectivity index (χ4n) is 2.67. The molecule has 2 saturated heterocycles. The highest BCUT2D eigenvalue weighted by Crippen LogP contribution is 2.22. The molecule has 0 aromatic rings. The van der Waals surface area contributed by atoms with Gasteiger partial charge in [-0.2, -0.15) is 0 Å². The normalized spacial score (nSPS) is 29.0. The Morgan fingerprint density at radius 1 is 1.20 bits per heavy atom. The van der Waals surface area contributed by atoms with E-state index in [0.29, 0.717) is 0 Å². The summed E-state index contributed by atoms with van der Waals surface area (Å²) in [7, 11) is 0. The van der Waals surface area contributed by atoms with E-state index in [2.05, 4.69) is 4.90 Å². The van der Waals surface area contributed by atoms with E-state index in [1.54, 1.807) is 0 Å². The van der Waals surface area contributed by atoms with Gasteiger partial charge in [0, 0.05) is 12.0 Å². The van der Waals surface area contributed by atoms with Crippen molar-refractivity contribution in [2.45, 2.75) is 38.1 Å². The maximum atomic E-state index is 5.67. The van der Waals surface area contributed by atoms with E-state index in [1.165, 1.54) is 45.2 Å². The van der Waals surface area contributed by atoms with Gasteiger partial charge in [0.2, 0.25) is 0 Å². The second-order valence-electron chi connectivity index (χ2n) is 4.96. The molecule has 0 bridgehead atoms. The van der Waals surface area contributed by atoms with Crippen LogP contribution >= 0.6 is 0 Å². The van der Waals surface area contributed by atoms with Crippen molar-refractivity contribution >= 4 is 0 Å². The lowest BCUT2D eigenvalue weighted by atomic mass is 9.97. The monoisotopic (exact) mass is 212 g/mol. The zero-order chi connectivity index (χ0) is 10.5. The Morgan fingerprint density at radius 2 is 2.07 bits per heavy atom. The van der Waals surface area contributed by atoms with Crippen LogP contribution in [0.2, 0.25) is 0 Å². The summed E-state index contributed by atoms with van der Waals surface area (Å²) in [6.07, 6.45) is 6.64. The molecular formula is C12H24N2O. The van der Waals surface area contributed by atoms with Crippen LogP contribution in [0.1, 0.15) is 32.1 Å². The highest BCUT2D eigenvalue weighted by atomic mass is 16.5. The zero-order valence-electron chi connectivity index (χ0n) is 9.66. The average molecular weight is 212 g/mol. The summed E-state index contributed by atoms with van der Waals surface area (Å²) in [6, 6.07) is 0.768. The van der Waals surface area contributed by atoms with Gasteiger partial charge in [-0.1, -0.05) is 6.42 Å². The fraction of sp³-hybridized carbons (Fsp3) is 1.00. The quantitative estimate of drug-likeness (QED) is 0.745. The van der Waals surface area contributed by atoms with E-state index >= 15 is 0 Å². The molecule has 0 saturated carbocycles. The number of likely N-dealkylation sites (tertiary alicyclic amines) is 1. The van der Waals surface area contributed by atoms with Gasteiger partial charge in [0.05, 0.1) is 13.2 Å². The molecule has 0 spiro atoms. The van der Waals surface area contributed by atoms with Crippen molar-refractivity contribution in [2.24, 2.45) is 11.7 Å². The van der Waals surface area contributed by atoms with Crippen molar-refractivity contribution < 1.29 is 4.74 Å². The number of piperidine rings is 1. The number of hydrogen-bond acceptors (Lipinski definition) is 3. The third-order valence-electron chi connectivity index (χ3n) is 3.78. The molecule has 0 amide bonds. The number of nitrogens with two attached hydrogens (primary N) is 1. The van der Waals surface area contributed by atoms with Gasteiger partial charge in [-0.3, -0.25) is 0 Å². The smallest absolute Gasteiger partial charge is 0.0516 e. The number of ether oxygens (including phenoxy) is 1. The summed E-state index contributed by atoms with van der Waals surface area (Å²) in [5.74, 6) is 0.838. The Bertz CT molecular complexity index is 180. The Hall–Kier alpha value is -0.120. The Labute approximate surface area is 93.0 Å². The summed E-state index contributed by atoms with van der Waals surface area (Å²) in [5.41, 5.74) is 5.67. The predicted octanol–water partition coefficient (Wildman–Crippen LogP) is 1.23. The minimum Gasteiger partial charge on any atom is -0.381 e. The first-order valence-electron chi connectivity index (χ1n) is 6.42. The molecule has 1 atom stereocenters. The Balaban J connectivity index is 1.71. The molecule has 2 aliphatic rings. The molecule has 0 aromatic heterocycles. The average Bonchev–Trinajstić information content (AvgIpc) is 2.18. The van der Waals surface area contributed by atoms with E-state index in [0.717, 1.165) is 31.7 Å². The molecule has 2 aliphatic heterocycles. The van der Waals surface area contributed by atoms with Gasteiger partial charge in [-0.05, 0) is 45.3 Å². The standard InChI is InChI=1S/C12H24N2O/c13-6-4-12-3-1-2-7-14(12)8-5-11-9-15-10-11/h11-12H,1-10,13H2. The molecule has 1 unspecified atom stereocenters. The van der Waals surface area contributed by atoms with Crippen molar-refractivity contribution in [1.82, 2.24) is 4.90 Å². The van der Waals surface area contributed by atoms with Gasteiger partial charge in [-0.15, -0.1) is 0 Å². The van der Waals surface area contributed by atoms with E-state index in [-0.39, 0.29) is 0 Å². The van der Waals surface area contributed by atoms with Crippen LogP contribution in [0.25, 0.3) is 0 Å². The van der Waals surface area contributed by atoms with Crippen molar-refractivity contribution in [3.63, 3.8) is 0 Å². The van der Waals surface area contributed by atoms with Crippen LogP contribution in [-0.2, 0) is 4.74 Å². The minimum atomic E-state index is 0.768. The van der Waals surface area contributed by atoms with E-state index < -0.39 is 0 Å². The highest BCUT2D eigenvalue weighted by Gasteiger charge is 2.24. The van der Waals surface area contributed by atoms with Gasteiger partial charge < -0.3 is 15.4 Å². The van der Waals surface area contributed by atoms with Crippen molar-refractivity contribution in [2.75, 3.05) is 32.8 Å². The lowest BCUT2D eigenvalue weighted by Crippen LogP contribution is -2.43. The Morgan fingerprint density at radius 3 is 2.73 bits per heavy atom. The molecule has 88 valence electrons. The molecule has 2 N–H and O–H groups in total. The van der Waals surface area contributed by atoms with Crippen LogP contribution in [0, 0.1) is 5.92 Å². The van der Waals surface area contributed by atoms with Crippen LogP contribution < -0.4 is 5.73 Å². The van der Waals surface area contributed by atoms with Crippen LogP contribution in [0.15, 0.2) is 0 Å². The van der Waals surface area contributed by atoms with Gasteiger partial charge >= 0.3 is 0 Å². The van der Waals surface area contributed by atoms with E-state index in [1.807, 2.05) is 0 Å². The third-order valence-corrected chi connectivity index (χ3v) is 3.78. The topological polar surface area (TPSA) is 38.5 Å². The maximum absolute atomic E-state index is 5.67. The minimum absolute atomic E-state index is 0.768. The molecule has 0 aromatic carbocycles. The van der Waals surface area contributed by atoms with Gasteiger partial charge in [0.15, 0.2) is 0 Å². The van der Waals surface area contributed by atoms with Crippen LogP contribution in [-0.4, -0.2) is 43.8 Å². The van der Waals surface area contributed by atoms with Gasteiger partial charge in [0.1, 0.15) is 0 Å². The summed E-state index contributed by atoms with van der Waals surface area (Å²) < 4.78 is 5.21. The summed E-state index contributed by atoms with van der Waals surface area (Å²) in [6.45, 7) is 5.38. The van der Waals surface area contributed by atoms with Gasteiger partial charge in [-0.25, -0.2) is 0 Å². The summed E-state index contributed by atoms with van der Waals surface area (Å²) >= 11 is 0. The zero-order valence-corrected chi connectivity index (χ0v) is 9.66. The first kappa shape index (κ1) is 11.4.